The zero-order valence-electron chi connectivity index (χ0n) is 11.4. The van der Waals surface area contributed by atoms with Crippen LogP contribution in [0.3, 0.4) is 0 Å². The number of carbonyl (C=O) groups is 1. The highest BCUT2D eigenvalue weighted by molar-refractivity contribution is 6.30. The van der Waals surface area contributed by atoms with Crippen molar-refractivity contribution in [2.45, 2.75) is 6.42 Å². The van der Waals surface area contributed by atoms with Crippen molar-refractivity contribution < 1.29 is 9.18 Å². The van der Waals surface area contributed by atoms with Crippen LogP contribution >= 0.6 is 11.6 Å². The molecule has 21 heavy (non-hydrogen) atoms. The summed E-state index contributed by atoms with van der Waals surface area (Å²) in [4.78, 5) is 11.6. The van der Waals surface area contributed by atoms with E-state index in [1.807, 2.05) is 24.3 Å². The minimum absolute atomic E-state index is 0.201. The van der Waals surface area contributed by atoms with Gasteiger partial charge in [0, 0.05) is 17.6 Å². The number of carbonyl (C=O) groups excluding carboxylic acids is 1. The Balaban J connectivity index is 1.78. The van der Waals surface area contributed by atoms with Gasteiger partial charge in [0.15, 0.2) is 0 Å². The normalized spacial score (nSPS) is 10.8. The maximum Gasteiger partial charge on any atom is 0.244 e. The highest BCUT2D eigenvalue weighted by Gasteiger charge is 1.97. The van der Waals surface area contributed by atoms with E-state index in [0.29, 0.717) is 17.1 Å². The zero-order valence-corrected chi connectivity index (χ0v) is 12.1. The number of halogens is 2. The molecular formula is C17H15ClFNO. The van der Waals surface area contributed by atoms with Gasteiger partial charge < -0.3 is 5.32 Å². The molecule has 4 heteroatoms. The summed E-state index contributed by atoms with van der Waals surface area (Å²) in [6.45, 7) is 0.536. The van der Waals surface area contributed by atoms with Gasteiger partial charge >= 0.3 is 0 Å². The van der Waals surface area contributed by atoms with Crippen LogP contribution in [0.2, 0.25) is 5.02 Å². The lowest BCUT2D eigenvalue weighted by Crippen LogP contribution is -2.23. The van der Waals surface area contributed by atoms with E-state index >= 15 is 0 Å². The molecule has 1 amide bonds. The molecule has 0 heterocycles. The second-order valence-corrected chi connectivity index (χ2v) is 4.99. The molecule has 0 aromatic heterocycles. The third-order valence-corrected chi connectivity index (χ3v) is 3.15. The van der Waals surface area contributed by atoms with Crippen molar-refractivity contribution in [3.63, 3.8) is 0 Å². The monoisotopic (exact) mass is 303 g/mol. The van der Waals surface area contributed by atoms with E-state index in [2.05, 4.69) is 5.32 Å². The Hall–Kier alpha value is -2.13. The van der Waals surface area contributed by atoms with Crippen molar-refractivity contribution in [2.24, 2.45) is 0 Å². The van der Waals surface area contributed by atoms with Crippen molar-refractivity contribution in [3.8, 4) is 0 Å². The third-order valence-electron chi connectivity index (χ3n) is 2.90. The van der Waals surface area contributed by atoms with E-state index in [-0.39, 0.29) is 11.7 Å². The van der Waals surface area contributed by atoms with E-state index in [4.69, 9.17) is 11.6 Å². The van der Waals surface area contributed by atoms with Crippen LogP contribution in [0.1, 0.15) is 11.1 Å². The van der Waals surface area contributed by atoms with Crippen molar-refractivity contribution >= 4 is 23.6 Å². The summed E-state index contributed by atoms with van der Waals surface area (Å²) >= 11 is 5.80. The fourth-order valence-corrected chi connectivity index (χ4v) is 1.95. The molecule has 0 fully saturated rings. The highest BCUT2D eigenvalue weighted by atomic mass is 35.5. The van der Waals surface area contributed by atoms with Gasteiger partial charge in [-0.1, -0.05) is 35.9 Å². The second-order valence-electron chi connectivity index (χ2n) is 4.56. The molecule has 0 saturated carbocycles. The summed E-state index contributed by atoms with van der Waals surface area (Å²) < 4.78 is 13.0. The van der Waals surface area contributed by atoms with E-state index < -0.39 is 0 Å². The van der Waals surface area contributed by atoms with Gasteiger partial charge in [-0.15, -0.1) is 0 Å². The fraction of sp³-hybridized carbons (Fsp3) is 0.118. The molecule has 0 aliphatic heterocycles. The van der Waals surface area contributed by atoms with Gasteiger partial charge in [0.2, 0.25) is 5.91 Å². The molecule has 2 aromatic carbocycles. The summed E-state index contributed by atoms with van der Waals surface area (Å²) in [5.41, 5.74) is 1.76. The standard InChI is InChI=1S/C17H15ClFNO/c18-15-7-4-13(5-8-15)10-11-20-17(21)9-6-14-2-1-3-16(19)12-14/h1-9,12H,10-11H2,(H,20,21)/b9-6+. The maximum absolute atomic E-state index is 13.0. The molecule has 0 spiro atoms. The molecule has 0 bridgehead atoms. The summed E-state index contributed by atoms with van der Waals surface area (Å²) in [5.74, 6) is -0.520. The van der Waals surface area contributed by atoms with Gasteiger partial charge in [-0.3, -0.25) is 4.79 Å². The number of hydrogen-bond acceptors (Lipinski definition) is 1. The van der Waals surface area contributed by atoms with Crippen molar-refractivity contribution in [1.29, 1.82) is 0 Å². The Morgan fingerprint density at radius 3 is 2.67 bits per heavy atom. The van der Waals surface area contributed by atoms with E-state index in [9.17, 15) is 9.18 Å². The minimum atomic E-state index is -0.319. The van der Waals surface area contributed by atoms with Crippen molar-refractivity contribution in [1.82, 2.24) is 5.32 Å². The Morgan fingerprint density at radius 2 is 1.95 bits per heavy atom. The van der Waals surface area contributed by atoms with E-state index in [1.165, 1.54) is 18.2 Å². The smallest absolute Gasteiger partial charge is 0.244 e. The predicted molar refractivity (Wildman–Crippen MR) is 83.6 cm³/mol. The van der Waals surface area contributed by atoms with Gasteiger partial charge in [-0.25, -0.2) is 4.39 Å². The predicted octanol–water partition coefficient (Wildman–Crippen LogP) is 3.85. The first-order valence-corrected chi connectivity index (χ1v) is 6.97. The maximum atomic E-state index is 13.0. The first kappa shape index (κ1) is 15.3. The summed E-state index contributed by atoms with van der Waals surface area (Å²) in [5, 5.41) is 3.47. The molecule has 0 atom stereocenters. The number of rotatable bonds is 5. The molecule has 1 N–H and O–H groups in total. The summed E-state index contributed by atoms with van der Waals surface area (Å²) in [7, 11) is 0. The highest BCUT2D eigenvalue weighted by Crippen LogP contribution is 2.09. The van der Waals surface area contributed by atoms with E-state index in [1.54, 1.807) is 18.2 Å². The SMILES string of the molecule is O=C(/C=C/c1cccc(F)c1)NCCc1ccc(Cl)cc1. The van der Waals surface area contributed by atoms with Crippen LogP contribution in [0.15, 0.2) is 54.6 Å². The van der Waals surface area contributed by atoms with Gasteiger partial charge in [0.25, 0.3) is 0 Å². The molecule has 108 valence electrons. The van der Waals surface area contributed by atoms with Crippen LogP contribution in [0.4, 0.5) is 4.39 Å². The molecule has 0 aliphatic carbocycles. The van der Waals surface area contributed by atoms with Crippen molar-refractivity contribution in [3.05, 3.63) is 76.6 Å². The van der Waals surface area contributed by atoms with Crippen molar-refractivity contribution in [2.75, 3.05) is 6.54 Å². The summed E-state index contributed by atoms with van der Waals surface area (Å²) in [6.07, 6.45) is 3.72. The Morgan fingerprint density at radius 1 is 1.19 bits per heavy atom. The molecule has 0 aliphatic rings. The average Bonchev–Trinajstić information content (AvgIpc) is 2.47. The molecule has 2 rings (SSSR count). The van der Waals surface area contributed by atoms with Gasteiger partial charge in [-0.05, 0) is 47.9 Å². The zero-order chi connectivity index (χ0) is 15.1. The first-order valence-electron chi connectivity index (χ1n) is 6.59. The third kappa shape index (κ3) is 5.40. The minimum Gasteiger partial charge on any atom is -0.352 e. The van der Waals surface area contributed by atoms with Crippen LogP contribution < -0.4 is 5.32 Å². The molecule has 0 saturated heterocycles. The van der Waals surface area contributed by atoms with Gasteiger partial charge in [0.05, 0.1) is 0 Å². The van der Waals surface area contributed by atoms with Gasteiger partial charge in [-0.2, -0.15) is 0 Å². The lowest BCUT2D eigenvalue weighted by molar-refractivity contribution is -0.116. The Bertz CT molecular complexity index is 637. The second kappa shape index (κ2) is 7.60. The fourth-order valence-electron chi connectivity index (χ4n) is 1.82. The molecular weight excluding hydrogens is 289 g/mol. The number of benzene rings is 2. The molecule has 2 aromatic rings. The quantitative estimate of drug-likeness (QED) is 0.835. The van der Waals surface area contributed by atoms with Crippen LogP contribution in [-0.2, 0) is 11.2 Å². The Kier molecular flexibility index (Phi) is 5.52. The van der Waals surface area contributed by atoms with Crippen LogP contribution in [0, 0.1) is 5.82 Å². The Labute approximate surface area is 128 Å². The lowest BCUT2D eigenvalue weighted by atomic mass is 10.1. The molecule has 0 radical (unpaired) electrons. The van der Waals surface area contributed by atoms with Crippen LogP contribution in [-0.4, -0.2) is 12.5 Å². The first-order chi connectivity index (χ1) is 10.1. The topological polar surface area (TPSA) is 29.1 Å². The van der Waals surface area contributed by atoms with E-state index in [0.717, 1.165) is 12.0 Å². The van der Waals surface area contributed by atoms with Crippen LogP contribution in [0.5, 0.6) is 0 Å². The number of hydrogen-bond donors (Lipinski definition) is 1. The molecule has 0 unspecified atom stereocenters. The number of amides is 1. The molecule has 2 nitrogen and oxygen atoms in total. The number of nitrogens with one attached hydrogen (secondary N) is 1. The lowest BCUT2D eigenvalue weighted by Gasteiger charge is -2.03. The van der Waals surface area contributed by atoms with Crippen LogP contribution in [0.25, 0.3) is 6.08 Å². The largest absolute Gasteiger partial charge is 0.352 e. The average molecular weight is 304 g/mol. The summed E-state index contributed by atoms with van der Waals surface area (Å²) in [6, 6.07) is 13.6. The van der Waals surface area contributed by atoms with Gasteiger partial charge in [0.1, 0.15) is 5.82 Å².